The third kappa shape index (κ3) is 3.32. The summed E-state index contributed by atoms with van der Waals surface area (Å²) >= 11 is 0. The number of likely N-dealkylation sites (N-methyl/N-ethyl adjacent to an activating group) is 1. The Morgan fingerprint density at radius 3 is 2.36 bits per heavy atom. The molecule has 1 heterocycles. The normalized spacial score (nSPS) is 15.7. The van der Waals surface area contributed by atoms with Gasteiger partial charge in [0, 0.05) is 30.7 Å². The molecule has 0 aliphatic carbocycles. The van der Waals surface area contributed by atoms with Crippen molar-refractivity contribution >= 4 is 23.0 Å². The van der Waals surface area contributed by atoms with Crippen LogP contribution in [0.15, 0.2) is 78.9 Å². The van der Waals surface area contributed by atoms with E-state index in [2.05, 4.69) is 5.32 Å². The second kappa shape index (κ2) is 7.74. The molecular weight excluding hydrogens is 350 g/mol. The van der Waals surface area contributed by atoms with Crippen LogP contribution in [0.3, 0.4) is 0 Å². The topological polar surface area (TPSA) is 55.8 Å². The van der Waals surface area contributed by atoms with Gasteiger partial charge in [0.1, 0.15) is 6.17 Å². The Kier molecular flexibility index (Phi) is 5.00. The molecule has 1 atom stereocenters. The zero-order valence-electron chi connectivity index (χ0n) is 15.7. The number of hydrogen-bond donors (Lipinski definition) is 2. The summed E-state index contributed by atoms with van der Waals surface area (Å²) in [4.78, 5) is 17.1. The lowest BCUT2D eigenvalue weighted by Gasteiger charge is -2.38. The third-order valence-electron chi connectivity index (χ3n) is 5.05. The minimum atomic E-state index is -0.304. The van der Waals surface area contributed by atoms with E-state index in [1.54, 1.807) is 4.90 Å². The van der Waals surface area contributed by atoms with Crippen LogP contribution in [0.1, 0.15) is 22.1 Å². The predicted molar refractivity (Wildman–Crippen MR) is 113 cm³/mol. The first kappa shape index (κ1) is 18.1. The minimum absolute atomic E-state index is 0.0213. The average molecular weight is 373 g/mol. The molecule has 0 fully saturated rings. The highest BCUT2D eigenvalue weighted by Gasteiger charge is 2.33. The lowest BCUT2D eigenvalue weighted by molar-refractivity contribution is 0.0975. The number of aliphatic hydroxyl groups is 1. The molecule has 142 valence electrons. The van der Waals surface area contributed by atoms with Gasteiger partial charge in [-0.3, -0.25) is 9.69 Å². The highest BCUT2D eigenvalue weighted by atomic mass is 16.3. The van der Waals surface area contributed by atoms with E-state index in [0.717, 1.165) is 22.6 Å². The number of aliphatic hydroxyl groups excluding tert-OH is 1. The monoisotopic (exact) mass is 373 g/mol. The number of nitrogens with one attached hydrogen (secondary N) is 1. The van der Waals surface area contributed by atoms with Gasteiger partial charge in [0.25, 0.3) is 5.91 Å². The van der Waals surface area contributed by atoms with Gasteiger partial charge < -0.3 is 15.3 Å². The van der Waals surface area contributed by atoms with Gasteiger partial charge in [0.15, 0.2) is 0 Å². The van der Waals surface area contributed by atoms with Crippen molar-refractivity contribution in [1.29, 1.82) is 0 Å². The first-order valence-corrected chi connectivity index (χ1v) is 9.35. The molecular formula is C23H23N3O2. The number of fused-ring (bicyclic) bond motifs is 1. The van der Waals surface area contributed by atoms with E-state index in [0.29, 0.717) is 12.1 Å². The van der Waals surface area contributed by atoms with Crippen molar-refractivity contribution in [2.24, 2.45) is 0 Å². The molecule has 1 aliphatic rings. The SMILES string of the molecule is CN(CCO)c1ccc([C@@H]2Nc3ccccc3C(=O)N2c2ccccc2)cc1. The average Bonchev–Trinajstić information content (AvgIpc) is 2.74. The smallest absolute Gasteiger partial charge is 0.262 e. The van der Waals surface area contributed by atoms with E-state index in [1.165, 1.54) is 0 Å². The van der Waals surface area contributed by atoms with Crippen LogP contribution in [-0.2, 0) is 0 Å². The number of carbonyl (C=O) groups excluding carboxylic acids is 1. The maximum Gasteiger partial charge on any atom is 0.262 e. The molecule has 0 aromatic heterocycles. The molecule has 0 saturated heterocycles. The Hall–Kier alpha value is -3.31. The van der Waals surface area contributed by atoms with Crippen LogP contribution in [0.2, 0.25) is 0 Å². The Labute approximate surface area is 164 Å². The van der Waals surface area contributed by atoms with Crippen LogP contribution in [0.5, 0.6) is 0 Å². The Morgan fingerprint density at radius 1 is 0.964 bits per heavy atom. The molecule has 3 aromatic rings. The zero-order valence-corrected chi connectivity index (χ0v) is 15.7. The van der Waals surface area contributed by atoms with E-state index < -0.39 is 0 Å². The van der Waals surface area contributed by atoms with Crippen molar-refractivity contribution < 1.29 is 9.90 Å². The number of amides is 1. The summed E-state index contributed by atoms with van der Waals surface area (Å²) in [6, 6.07) is 25.4. The van der Waals surface area contributed by atoms with Gasteiger partial charge in [-0.25, -0.2) is 0 Å². The van der Waals surface area contributed by atoms with Gasteiger partial charge in [-0.2, -0.15) is 0 Å². The van der Waals surface area contributed by atoms with Gasteiger partial charge in [-0.15, -0.1) is 0 Å². The van der Waals surface area contributed by atoms with E-state index >= 15 is 0 Å². The fourth-order valence-electron chi connectivity index (χ4n) is 3.53. The summed E-state index contributed by atoms with van der Waals surface area (Å²) in [5, 5.41) is 12.7. The van der Waals surface area contributed by atoms with Crippen LogP contribution in [0, 0.1) is 0 Å². The van der Waals surface area contributed by atoms with Gasteiger partial charge in [-0.1, -0.05) is 42.5 Å². The summed E-state index contributed by atoms with van der Waals surface area (Å²) in [6.45, 7) is 0.679. The number of nitrogens with zero attached hydrogens (tertiary/aromatic N) is 2. The highest BCUT2D eigenvalue weighted by Crippen LogP contribution is 2.36. The minimum Gasteiger partial charge on any atom is -0.395 e. The standard InChI is InChI=1S/C23H23N3O2/c1-25(15-16-27)18-13-11-17(12-14-18)22-24-21-10-6-5-9-20(21)23(28)26(22)19-7-3-2-4-8-19/h2-14,22,24,27H,15-16H2,1H3/t22-/m1/s1. The van der Waals surface area contributed by atoms with Gasteiger partial charge >= 0.3 is 0 Å². The molecule has 28 heavy (non-hydrogen) atoms. The van der Waals surface area contributed by atoms with E-state index in [9.17, 15) is 4.79 Å². The summed E-state index contributed by atoms with van der Waals surface area (Å²) in [6.07, 6.45) is -0.304. The molecule has 5 nitrogen and oxygen atoms in total. The van der Waals surface area contributed by atoms with Crippen molar-refractivity contribution in [3.63, 3.8) is 0 Å². The number of hydrogen-bond acceptors (Lipinski definition) is 4. The van der Waals surface area contributed by atoms with Crippen molar-refractivity contribution in [2.45, 2.75) is 6.17 Å². The third-order valence-corrected chi connectivity index (χ3v) is 5.05. The maximum absolute atomic E-state index is 13.3. The summed E-state index contributed by atoms with van der Waals surface area (Å²) < 4.78 is 0. The van der Waals surface area contributed by atoms with Gasteiger partial charge in [-0.05, 0) is 42.0 Å². The lowest BCUT2D eigenvalue weighted by atomic mass is 10.0. The molecule has 1 amide bonds. The van der Waals surface area contributed by atoms with Crippen molar-refractivity contribution in [3.8, 4) is 0 Å². The van der Waals surface area contributed by atoms with Gasteiger partial charge in [0.2, 0.25) is 0 Å². The summed E-state index contributed by atoms with van der Waals surface area (Å²) in [5.74, 6) is -0.0213. The largest absolute Gasteiger partial charge is 0.395 e. The Balaban J connectivity index is 1.74. The molecule has 5 heteroatoms. The van der Waals surface area contributed by atoms with E-state index in [-0.39, 0.29) is 18.7 Å². The number of rotatable bonds is 5. The molecule has 0 bridgehead atoms. The number of anilines is 3. The Bertz CT molecular complexity index is 957. The fraction of sp³-hybridized carbons (Fsp3) is 0.174. The number of benzene rings is 3. The van der Waals surface area contributed by atoms with Crippen LogP contribution in [-0.4, -0.2) is 31.2 Å². The predicted octanol–water partition coefficient (Wildman–Crippen LogP) is 3.89. The maximum atomic E-state index is 13.3. The fourth-order valence-corrected chi connectivity index (χ4v) is 3.53. The Morgan fingerprint density at radius 2 is 1.64 bits per heavy atom. The first-order chi connectivity index (χ1) is 13.7. The molecule has 0 radical (unpaired) electrons. The molecule has 1 aliphatic heterocycles. The highest BCUT2D eigenvalue weighted by molar-refractivity contribution is 6.12. The lowest BCUT2D eigenvalue weighted by Crippen LogP contribution is -2.43. The second-order valence-electron chi connectivity index (χ2n) is 6.84. The molecule has 2 N–H and O–H groups in total. The van der Waals surface area contributed by atoms with Crippen molar-refractivity contribution in [2.75, 3.05) is 35.3 Å². The van der Waals surface area contributed by atoms with Crippen LogP contribution in [0.25, 0.3) is 0 Å². The molecule has 0 spiro atoms. The first-order valence-electron chi connectivity index (χ1n) is 9.35. The molecule has 0 saturated carbocycles. The number of carbonyl (C=O) groups is 1. The molecule has 0 unspecified atom stereocenters. The summed E-state index contributed by atoms with van der Waals surface area (Å²) in [7, 11) is 1.94. The second-order valence-corrected chi connectivity index (χ2v) is 6.84. The van der Waals surface area contributed by atoms with E-state index in [4.69, 9.17) is 5.11 Å². The molecule has 3 aromatic carbocycles. The van der Waals surface area contributed by atoms with Crippen LogP contribution in [0.4, 0.5) is 17.1 Å². The van der Waals surface area contributed by atoms with Crippen molar-refractivity contribution in [1.82, 2.24) is 0 Å². The summed E-state index contributed by atoms with van der Waals surface area (Å²) in [5.41, 5.74) is 4.37. The molecule has 4 rings (SSSR count). The van der Waals surface area contributed by atoms with Crippen molar-refractivity contribution in [3.05, 3.63) is 90.0 Å². The van der Waals surface area contributed by atoms with Gasteiger partial charge in [0.05, 0.1) is 12.2 Å². The van der Waals surface area contributed by atoms with Crippen LogP contribution < -0.4 is 15.1 Å². The number of para-hydroxylation sites is 2. The quantitative estimate of drug-likeness (QED) is 0.713. The zero-order chi connectivity index (χ0) is 19.5. The van der Waals surface area contributed by atoms with E-state index in [1.807, 2.05) is 90.8 Å². The van der Waals surface area contributed by atoms with Crippen LogP contribution >= 0.6 is 0 Å².